The highest BCUT2D eigenvalue weighted by atomic mass is 28.4. The fourth-order valence-corrected chi connectivity index (χ4v) is 7.57. The molecule has 22 heavy (non-hydrogen) atoms. The molecule has 0 aliphatic carbocycles. The SMILES string of the molecule is CCO[Si](CCCNC(=O)CCCC(=O)O)(C(C)C)C(C)C. The number of rotatable bonds is 12. The first-order chi connectivity index (χ1) is 10.3. The lowest BCUT2D eigenvalue weighted by Crippen LogP contribution is -2.45. The summed E-state index contributed by atoms with van der Waals surface area (Å²) >= 11 is 0. The summed E-state index contributed by atoms with van der Waals surface area (Å²) in [6, 6.07) is 1.05. The Bertz CT molecular complexity index is 337. The molecule has 5 nitrogen and oxygen atoms in total. The fourth-order valence-electron chi connectivity index (χ4n) is 3.00. The largest absolute Gasteiger partial charge is 0.481 e. The van der Waals surface area contributed by atoms with E-state index in [0.717, 1.165) is 19.1 Å². The molecule has 0 bridgehead atoms. The maximum absolute atomic E-state index is 11.6. The molecule has 2 N–H and O–H groups in total. The van der Waals surface area contributed by atoms with Crippen molar-refractivity contribution in [2.75, 3.05) is 13.2 Å². The van der Waals surface area contributed by atoms with Crippen LogP contribution in [0, 0.1) is 0 Å². The van der Waals surface area contributed by atoms with E-state index in [1.165, 1.54) is 0 Å². The summed E-state index contributed by atoms with van der Waals surface area (Å²) in [4.78, 5) is 22.0. The van der Waals surface area contributed by atoms with Crippen molar-refractivity contribution in [3.05, 3.63) is 0 Å². The van der Waals surface area contributed by atoms with Gasteiger partial charge in [0.1, 0.15) is 0 Å². The van der Waals surface area contributed by atoms with Crippen molar-refractivity contribution in [3.63, 3.8) is 0 Å². The Morgan fingerprint density at radius 2 is 1.68 bits per heavy atom. The minimum Gasteiger partial charge on any atom is -0.481 e. The van der Waals surface area contributed by atoms with Crippen LogP contribution in [0.5, 0.6) is 0 Å². The average Bonchev–Trinajstić information content (AvgIpc) is 2.41. The van der Waals surface area contributed by atoms with Crippen molar-refractivity contribution in [3.8, 4) is 0 Å². The number of hydrogen-bond acceptors (Lipinski definition) is 3. The third-order valence-electron chi connectivity index (χ3n) is 4.23. The molecule has 0 rings (SSSR count). The van der Waals surface area contributed by atoms with Crippen LogP contribution >= 0.6 is 0 Å². The zero-order valence-corrected chi connectivity index (χ0v) is 15.8. The maximum atomic E-state index is 11.6. The van der Waals surface area contributed by atoms with E-state index >= 15 is 0 Å². The Balaban J connectivity index is 4.18. The summed E-state index contributed by atoms with van der Waals surface area (Å²) in [6.07, 6.45) is 1.66. The maximum Gasteiger partial charge on any atom is 0.303 e. The van der Waals surface area contributed by atoms with Crippen molar-refractivity contribution >= 4 is 20.2 Å². The van der Waals surface area contributed by atoms with Gasteiger partial charge in [-0.15, -0.1) is 0 Å². The van der Waals surface area contributed by atoms with Crippen LogP contribution in [-0.2, 0) is 14.0 Å². The van der Waals surface area contributed by atoms with Crippen LogP contribution in [0.4, 0.5) is 0 Å². The van der Waals surface area contributed by atoms with Gasteiger partial charge in [0.05, 0.1) is 0 Å². The quantitative estimate of drug-likeness (QED) is 0.423. The first-order valence-corrected chi connectivity index (χ1v) is 10.7. The summed E-state index contributed by atoms with van der Waals surface area (Å²) in [5.74, 6) is -0.909. The van der Waals surface area contributed by atoms with Gasteiger partial charge in [0.15, 0.2) is 8.32 Å². The topological polar surface area (TPSA) is 75.6 Å². The molecule has 0 aromatic heterocycles. The Morgan fingerprint density at radius 1 is 1.09 bits per heavy atom. The number of carbonyl (C=O) groups is 2. The zero-order valence-electron chi connectivity index (χ0n) is 14.8. The highest BCUT2D eigenvalue weighted by molar-refractivity contribution is 6.76. The van der Waals surface area contributed by atoms with E-state index in [9.17, 15) is 9.59 Å². The molecular formula is C16H33NO4Si. The average molecular weight is 332 g/mol. The monoisotopic (exact) mass is 331 g/mol. The van der Waals surface area contributed by atoms with Crippen LogP contribution in [0.15, 0.2) is 0 Å². The lowest BCUT2D eigenvalue weighted by molar-refractivity contribution is -0.137. The van der Waals surface area contributed by atoms with Crippen LogP contribution in [-0.4, -0.2) is 38.5 Å². The Labute approximate surface area is 135 Å². The van der Waals surface area contributed by atoms with E-state index in [4.69, 9.17) is 9.53 Å². The number of hydrogen-bond donors (Lipinski definition) is 2. The second-order valence-corrected chi connectivity index (χ2v) is 11.4. The zero-order chi connectivity index (χ0) is 17.2. The van der Waals surface area contributed by atoms with Crippen molar-refractivity contribution in [1.82, 2.24) is 5.32 Å². The summed E-state index contributed by atoms with van der Waals surface area (Å²) in [6.45, 7) is 12.4. The molecule has 0 fully saturated rings. The second-order valence-electron chi connectivity index (χ2n) is 6.40. The number of amides is 1. The molecule has 1 amide bonds. The molecule has 0 unspecified atom stereocenters. The van der Waals surface area contributed by atoms with E-state index in [2.05, 4.69) is 39.9 Å². The first kappa shape index (κ1) is 21.1. The number of carboxylic acid groups (broad SMARTS) is 1. The molecule has 0 heterocycles. The molecule has 0 aromatic rings. The number of carboxylic acids is 1. The normalized spacial score (nSPS) is 12.0. The van der Waals surface area contributed by atoms with E-state index in [1.54, 1.807) is 0 Å². The van der Waals surface area contributed by atoms with Crippen LogP contribution in [0.1, 0.15) is 60.3 Å². The van der Waals surface area contributed by atoms with Crippen molar-refractivity contribution in [2.24, 2.45) is 0 Å². The van der Waals surface area contributed by atoms with E-state index < -0.39 is 14.3 Å². The Hall–Kier alpha value is -0.883. The van der Waals surface area contributed by atoms with Gasteiger partial charge in [0.2, 0.25) is 5.91 Å². The molecule has 0 saturated carbocycles. The Kier molecular flexibility index (Phi) is 10.3. The van der Waals surface area contributed by atoms with Crippen LogP contribution in [0.3, 0.4) is 0 Å². The number of nitrogens with one attached hydrogen (secondary N) is 1. The summed E-state index contributed by atoms with van der Waals surface area (Å²) in [5, 5.41) is 11.4. The molecule has 0 aliphatic heterocycles. The van der Waals surface area contributed by atoms with Gasteiger partial charge in [-0.05, 0) is 36.9 Å². The van der Waals surface area contributed by atoms with E-state index in [0.29, 0.717) is 24.0 Å². The van der Waals surface area contributed by atoms with Gasteiger partial charge in [-0.1, -0.05) is 27.7 Å². The standard InChI is InChI=1S/C16H33NO4Si/c1-6-21-22(13(2)3,14(4)5)12-8-11-17-15(18)9-7-10-16(19)20/h13-14H,6-12H2,1-5H3,(H,17,18)(H,19,20). The van der Waals surface area contributed by atoms with Gasteiger partial charge in [-0.25, -0.2) is 0 Å². The smallest absolute Gasteiger partial charge is 0.303 e. The Morgan fingerprint density at radius 3 is 2.14 bits per heavy atom. The third-order valence-corrected chi connectivity index (χ3v) is 10.1. The predicted octanol–water partition coefficient (Wildman–Crippen LogP) is 3.55. The van der Waals surface area contributed by atoms with Gasteiger partial charge in [-0.2, -0.15) is 0 Å². The minimum atomic E-state index is -1.79. The molecule has 0 aliphatic rings. The third kappa shape index (κ3) is 7.40. The van der Waals surface area contributed by atoms with Gasteiger partial charge >= 0.3 is 5.97 Å². The molecule has 6 heteroatoms. The molecular weight excluding hydrogens is 298 g/mol. The van der Waals surface area contributed by atoms with Crippen LogP contribution in [0.2, 0.25) is 17.1 Å². The highest BCUT2D eigenvalue weighted by Gasteiger charge is 2.40. The molecule has 130 valence electrons. The molecule has 0 aromatic carbocycles. The molecule has 0 radical (unpaired) electrons. The van der Waals surface area contributed by atoms with Gasteiger partial charge in [0.25, 0.3) is 0 Å². The fraction of sp³-hybridized carbons (Fsp3) is 0.875. The summed E-state index contributed by atoms with van der Waals surface area (Å²) < 4.78 is 6.21. The van der Waals surface area contributed by atoms with Crippen molar-refractivity contribution in [2.45, 2.75) is 77.4 Å². The molecule has 0 atom stereocenters. The van der Waals surface area contributed by atoms with E-state index in [1.807, 2.05) is 0 Å². The van der Waals surface area contributed by atoms with E-state index in [-0.39, 0.29) is 18.7 Å². The lowest BCUT2D eigenvalue weighted by Gasteiger charge is -2.38. The van der Waals surface area contributed by atoms with Crippen molar-refractivity contribution < 1.29 is 19.1 Å². The van der Waals surface area contributed by atoms with Crippen LogP contribution < -0.4 is 5.32 Å². The second kappa shape index (κ2) is 10.8. The summed E-state index contributed by atoms with van der Waals surface area (Å²) in [7, 11) is -1.79. The molecule has 0 spiro atoms. The number of carbonyl (C=O) groups excluding carboxylic acids is 1. The highest BCUT2D eigenvalue weighted by Crippen LogP contribution is 2.37. The van der Waals surface area contributed by atoms with Crippen molar-refractivity contribution in [1.29, 1.82) is 0 Å². The first-order valence-electron chi connectivity index (χ1n) is 8.38. The summed E-state index contributed by atoms with van der Waals surface area (Å²) in [5.41, 5.74) is 1.11. The van der Waals surface area contributed by atoms with Crippen LogP contribution in [0.25, 0.3) is 0 Å². The number of aliphatic carboxylic acids is 1. The molecule has 0 saturated heterocycles. The predicted molar refractivity (Wildman–Crippen MR) is 91.5 cm³/mol. The minimum absolute atomic E-state index is 0.0501. The lowest BCUT2D eigenvalue weighted by atomic mass is 10.2. The van der Waals surface area contributed by atoms with Gasteiger partial charge < -0.3 is 14.8 Å². The van der Waals surface area contributed by atoms with Gasteiger partial charge in [0, 0.05) is 26.0 Å². The van der Waals surface area contributed by atoms with Gasteiger partial charge in [-0.3, -0.25) is 9.59 Å².